The van der Waals surface area contributed by atoms with E-state index >= 15 is 0 Å². The van der Waals surface area contributed by atoms with Crippen molar-refractivity contribution >= 4 is 29.0 Å². The number of thioether (sulfide) groups is 1. The number of carbonyl (C=O) groups excluding carboxylic acids is 1. The van der Waals surface area contributed by atoms with E-state index in [0.29, 0.717) is 5.56 Å². The van der Waals surface area contributed by atoms with Crippen molar-refractivity contribution in [3.63, 3.8) is 0 Å². The molecule has 30 heavy (non-hydrogen) atoms. The molecule has 0 radical (unpaired) electrons. The molecule has 1 unspecified atom stereocenters. The largest absolute Gasteiger partial charge is 0.360 e. The third-order valence-corrected chi connectivity index (χ3v) is 6.03. The number of carbonyl (C=O) groups is 1. The molecule has 0 bridgehead atoms. The van der Waals surface area contributed by atoms with Gasteiger partial charge in [0.05, 0.1) is 0 Å². The second-order valence-electron chi connectivity index (χ2n) is 7.51. The van der Waals surface area contributed by atoms with Gasteiger partial charge in [0, 0.05) is 36.3 Å². The number of hydrogen-bond donors (Lipinski definition) is 3. The van der Waals surface area contributed by atoms with Crippen molar-refractivity contribution in [3.05, 3.63) is 78.4 Å². The van der Waals surface area contributed by atoms with Crippen LogP contribution in [0, 0.1) is 0 Å². The number of hydrogen-bond acceptors (Lipinski definition) is 5. The minimum Gasteiger partial charge on any atom is -0.360 e. The lowest BCUT2D eigenvalue weighted by atomic mass is 10.0. The molecule has 4 rings (SSSR count). The summed E-state index contributed by atoms with van der Waals surface area (Å²) in [5.74, 6) is -0.105. The van der Waals surface area contributed by atoms with Crippen molar-refractivity contribution in [1.82, 2.24) is 10.2 Å². The number of likely N-dealkylation sites (N-methyl/N-ethyl adjacent to an activating group) is 1. The first kappa shape index (κ1) is 20.5. The van der Waals surface area contributed by atoms with E-state index in [-0.39, 0.29) is 12.8 Å². The third-order valence-electron chi connectivity index (χ3n) is 4.91. The highest BCUT2D eigenvalue weighted by Gasteiger charge is 2.21. The van der Waals surface area contributed by atoms with Crippen LogP contribution in [0.3, 0.4) is 0 Å². The van der Waals surface area contributed by atoms with Gasteiger partial charge in [-0.15, -0.1) is 0 Å². The Morgan fingerprint density at radius 3 is 2.50 bits per heavy atom. The average Bonchev–Trinajstić information content (AvgIpc) is 3.16. The highest BCUT2D eigenvalue weighted by Crippen LogP contribution is 2.39. The fraction of sp³-hybridized carbons (Fsp3) is 0.208. The van der Waals surface area contributed by atoms with Gasteiger partial charge in [0.1, 0.15) is 5.50 Å². The van der Waals surface area contributed by atoms with Gasteiger partial charge in [-0.05, 0) is 55.6 Å². The second kappa shape index (κ2) is 9.34. The number of anilines is 2. The molecule has 0 saturated carbocycles. The molecule has 0 aromatic heterocycles. The van der Waals surface area contributed by atoms with E-state index in [1.807, 2.05) is 60.7 Å². The van der Waals surface area contributed by atoms with Crippen molar-refractivity contribution < 1.29 is 6.22 Å². The molecule has 0 fully saturated rings. The summed E-state index contributed by atoms with van der Waals surface area (Å²) in [4.78, 5) is 16.0. The Kier molecular flexibility index (Phi) is 6.38. The van der Waals surface area contributed by atoms with Crippen LogP contribution in [0.1, 0.15) is 11.8 Å². The summed E-state index contributed by atoms with van der Waals surface area (Å²) in [5.41, 5.74) is 4.92. The highest BCUT2D eigenvalue weighted by atomic mass is 32.2. The van der Waals surface area contributed by atoms with Gasteiger partial charge in [0.2, 0.25) is 0 Å². The summed E-state index contributed by atoms with van der Waals surface area (Å²) in [6.45, 7) is 1.90. The Bertz CT molecular complexity index is 1010. The summed E-state index contributed by atoms with van der Waals surface area (Å²) in [6.07, 6.45) is 0. The fourth-order valence-corrected chi connectivity index (χ4v) is 4.36. The third kappa shape index (κ3) is 5.02. The van der Waals surface area contributed by atoms with Gasteiger partial charge in [0.15, 0.2) is 0 Å². The van der Waals surface area contributed by atoms with Gasteiger partial charge < -0.3 is 15.5 Å². The molecule has 1 amide bonds. The zero-order chi connectivity index (χ0) is 20.9. The van der Waals surface area contributed by atoms with Crippen molar-refractivity contribution in [2.75, 3.05) is 37.8 Å². The first-order valence-corrected chi connectivity index (χ1v) is 10.9. The van der Waals surface area contributed by atoms with Crippen molar-refractivity contribution in [1.29, 1.82) is 0 Å². The Morgan fingerprint density at radius 1 is 1.03 bits per heavy atom. The molecule has 5 nitrogen and oxygen atoms in total. The second-order valence-corrected chi connectivity index (χ2v) is 8.66. The number of amides is 1. The topological polar surface area (TPSA) is 56.4 Å². The van der Waals surface area contributed by atoms with Crippen LogP contribution < -0.4 is 16.0 Å². The molecule has 1 heterocycles. The van der Waals surface area contributed by atoms with Crippen LogP contribution in [0.2, 0.25) is 0 Å². The number of nitrogens with zero attached hydrogens (tertiary/aromatic N) is 1. The van der Waals surface area contributed by atoms with Gasteiger partial charge in [-0.25, -0.2) is 0 Å². The Hall–Kier alpha value is -2.80. The summed E-state index contributed by atoms with van der Waals surface area (Å²) in [5, 5.41) is 9.96. The molecule has 156 valence electrons. The molecular formula is C24H28N4OS. The van der Waals surface area contributed by atoms with Crippen LogP contribution in [0.25, 0.3) is 11.1 Å². The standard InChI is InChI=1S/C24H26N4OS.H2/c1-28(2)15-14-25-24-27-21-13-12-20(16-22(21)30-24)26-23(29)19-10-8-18(9-11-19)17-6-4-3-5-7-17;/h3-13,16,24-25,27H,14-15H2,1-2H3,(H,26,29);1H. The molecule has 1 aliphatic heterocycles. The maximum Gasteiger partial charge on any atom is 0.255 e. The van der Waals surface area contributed by atoms with Crippen molar-refractivity contribution in [2.24, 2.45) is 0 Å². The quantitative estimate of drug-likeness (QED) is 0.512. The monoisotopic (exact) mass is 420 g/mol. The van der Waals surface area contributed by atoms with E-state index in [0.717, 1.165) is 40.5 Å². The lowest BCUT2D eigenvalue weighted by Gasteiger charge is -2.15. The summed E-state index contributed by atoms with van der Waals surface area (Å²) in [6, 6.07) is 23.8. The first-order chi connectivity index (χ1) is 14.6. The van der Waals surface area contributed by atoms with Crippen LogP contribution in [-0.2, 0) is 0 Å². The van der Waals surface area contributed by atoms with E-state index in [1.165, 1.54) is 0 Å². The molecular weight excluding hydrogens is 392 g/mol. The number of benzene rings is 3. The molecule has 1 atom stereocenters. The maximum absolute atomic E-state index is 12.7. The summed E-state index contributed by atoms with van der Waals surface area (Å²) >= 11 is 1.73. The number of nitrogens with one attached hydrogen (secondary N) is 3. The summed E-state index contributed by atoms with van der Waals surface area (Å²) < 4.78 is 0. The smallest absolute Gasteiger partial charge is 0.255 e. The lowest BCUT2D eigenvalue weighted by molar-refractivity contribution is 0.102. The Labute approximate surface area is 183 Å². The van der Waals surface area contributed by atoms with E-state index in [4.69, 9.17) is 0 Å². The molecule has 1 aliphatic rings. The van der Waals surface area contributed by atoms with Crippen LogP contribution in [0.4, 0.5) is 11.4 Å². The predicted molar refractivity (Wildman–Crippen MR) is 128 cm³/mol. The van der Waals surface area contributed by atoms with Gasteiger partial charge >= 0.3 is 0 Å². The molecule has 3 N–H and O–H groups in total. The molecule has 0 saturated heterocycles. The van der Waals surface area contributed by atoms with Crippen LogP contribution in [0.15, 0.2) is 77.7 Å². The van der Waals surface area contributed by atoms with Gasteiger partial charge in [-0.3, -0.25) is 10.1 Å². The van der Waals surface area contributed by atoms with Crippen LogP contribution >= 0.6 is 11.8 Å². The van der Waals surface area contributed by atoms with E-state index < -0.39 is 0 Å². The number of fused-ring (bicyclic) bond motifs is 1. The fourth-order valence-electron chi connectivity index (χ4n) is 3.27. The molecule has 6 heteroatoms. The van der Waals surface area contributed by atoms with E-state index in [1.54, 1.807) is 11.8 Å². The zero-order valence-corrected chi connectivity index (χ0v) is 18.0. The Balaban J connectivity index is 0.00000272. The van der Waals surface area contributed by atoms with E-state index in [2.05, 4.69) is 47.1 Å². The molecule has 3 aromatic carbocycles. The molecule has 0 spiro atoms. The van der Waals surface area contributed by atoms with Gasteiger partial charge in [0.25, 0.3) is 5.91 Å². The number of rotatable bonds is 7. The van der Waals surface area contributed by atoms with Crippen LogP contribution in [-0.4, -0.2) is 43.5 Å². The van der Waals surface area contributed by atoms with Crippen LogP contribution in [0.5, 0.6) is 0 Å². The van der Waals surface area contributed by atoms with E-state index in [9.17, 15) is 4.79 Å². The van der Waals surface area contributed by atoms with Crippen molar-refractivity contribution in [3.8, 4) is 11.1 Å². The lowest BCUT2D eigenvalue weighted by Crippen LogP contribution is -2.35. The zero-order valence-electron chi connectivity index (χ0n) is 17.2. The minimum atomic E-state index is -0.105. The normalized spacial score (nSPS) is 15.0. The minimum absolute atomic E-state index is 0. The maximum atomic E-state index is 12.7. The first-order valence-electron chi connectivity index (χ1n) is 10.0. The summed E-state index contributed by atoms with van der Waals surface area (Å²) in [7, 11) is 4.13. The highest BCUT2D eigenvalue weighted by molar-refractivity contribution is 8.00. The van der Waals surface area contributed by atoms with Gasteiger partial charge in [-0.2, -0.15) is 0 Å². The average molecular weight is 421 g/mol. The predicted octanol–water partition coefficient (Wildman–Crippen LogP) is 4.80. The van der Waals surface area contributed by atoms with Crippen molar-refractivity contribution in [2.45, 2.75) is 10.4 Å². The molecule has 3 aromatic rings. The molecule has 0 aliphatic carbocycles. The van der Waals surface area contributed by atoms with Gasteiger partial charge in [-0.1, -0.05) is 54.2 Å². The SMILES string of the molecule is CN(C)CCNC1Nc2ccc(NC(=O)c3ccc(-c4ccccc4)cc3)cc2S1.[HH]. The Morgan fingerprint density at radius 2 is 1.77 bits per heavy atom.